The van der Waals surface area contributed by atoms with Crippen molar-refractivity contribution in [1.29, 1.82) is 0 Å². The van der Waals surface area contributed by atoms with Crippen LogP contribution in [0.5, 0.6) is 0 Å². The van der Waals surface area contributed by atoms with Gasteiger partial charge in [-0.25, -0.2) is 0 Å². The highest BCUT2D eigenvalue weighted by Crippen LogP contribution is 2.63. The maximum Gasteiger partial charge on any atom is 0.141 e. The van der Waals surface area contributed by atoms with Gasteiger partial charge in [0.15, 0.2) is 0 Å². The first-order valence-electron chi connectivity index (χ1n) is 11.4. The van der Waals surface area contributed by atoms with Gasteiger partial charge in [0.2, 0.25) is 0 Å². The minimum absolute atomic E-state index is 0.00855. The van der Waals surface area contributed by atoms with Gasteiger partial charge in [-0.1, -0.05) is 24.2 Å². The Hall–Kier alpha value is -1.69. The number of Topliss-reactive ketones (excluding diaryl/α,β-unsaturated/α-hetero) is 1. The molecule has 3 saturated carbocycles. The number of allylic oxidation sites excluding steroid dienone is 2. The van der Waals surface area contributed by atoms with Crippen LogP contribution in [0, 0.1) is 28.6 Å². The standard InChI is InChI=1S/C23H33N3O3/c1-22-8-5-14(26-29-15-7-10-24-13-15)11-19(22)20(25-28)12-16-17-3-4-21(27)23(17,2)9-6-18(16)22/h11,15-18,24,28H,3-10,12-13H2,1-2H3/b25-20+,26-14+/t15-,16-,17-,18-,22+,23-/m0/s1. The van der Waals surface area contributed by atoms with Crippen LogP contribution in [0.2, 0.25) is 0 Å². The highest BCUT2D eigenvalue weighted by molar-refractivity contribution is 6.09. The highest BCUT2D eigenvalue weighted by atomic mass is 16.6. The molecule has 2 N–H and O–H groups in total. The van der Waals surface area contributed by atoms with Gasteiger partial charge in [-0.15, -0.1) is 0 Å². The van der Waals surface area contributed by atoms with Gasteiger partial charge in [-0.3, -0.25) is 4.79 Å². The molecule has 0 unspecified atom stereocenters. The second-order valence-corrected chi connectivity index (χ2v) is 10.3. The molecule has 6 heteroatoms. The summed E-state index contributed by atoms with van der Waals surface area (Å²) >= 11 is 0. The van der Waals surface area contributed by atoms with E-state index in [9.17, 15) is 10.0 Å². The molecule has 4 fully saturated rings. The topological polar surface area (TPSA) is 83.3 Å². The molecule has 158 valence electrons. The first-order valence-corrected chi connectivity index (χ1v) is 11.4. The Labute approximate surface area is 172 Å². The lowest BCUT2D eigenvalue weighted by Crippen LogP contribution is -2.53. The number of nitrogens with zero attached hydrogens (tertiary/aromatic N) is 2. The molecule has 0 aromatic heterocycles. The first kappa shape index (κ1) is 19.3. The summed E-state index contributed by atoms with van der Waals surface area (Å²) in [6, 6.07) is 0. The Morgan fingerprint density at radius 2 is 1.97 bits per heavy atom. The number of nitrogens with one attached hydrogen (secondary N) is 1. The molecule has 0 bridgehead atoms. The van der Waals surface area contributed by atoms with Gasteiger partial charge >= 0.3 is 0 Å². The van der Waals surface area contributed by atoms with Crippen LogP contribution in [0.25, 0.3) is 0 Å². The smallest absolute Gasteiger partial charge is 0.141 e. The van der Waals surface area contributed by atoms with Crippen molar-refractivity contribution < 1.29 is 14.8 Å². The second-order valence-electron chi connectivity index (χ2n) is 10.3. The lowest BCUT2D eigenvalue weighted by molar-refractivity contribution is -0.131. The molecule has 0 aromatic rings. The molecule has 0 aromatic carbocycles. The van der Waals surface area contributed by atoms with Crippen LogP contribution >= 0.6 is 0 Å². The third-order valence-electron chi connectivity index (χ3n) is 8.99. The van der Waals surface area contributed by atoms with Crippen molar-refractivity contribution in [3.05, 3.63) is 11.6 Å². The molecule has 29 heavy (non-hydrogen) atoms. The van der Waals surface area contributed by atoms with Crippen LogP contribution in [0.1, 0.15) is 65.2 Å². The number of hydrogen-bond acceptors (Lipinski definition) is 6. The van der Waals surface area contributed by atoms with Crippen LogP contribution in [-0.4, -0.2) is 41.6 Å². The van der Waals surface area contributed by atoms with E-state index < -0.39 is 0 Å². The van der Waals surface area contributed by atoms with E-state index in [0.29, 0.717) is 23.5 Å². The van der Waals surface area contributed by atoms with E-state index in [2.05, 4.69) is 35.6 Å². The zero-order chi connectivity index (χ0) is 20.2. The van der Waals surface area contributed by atoms with E-state index in [-0.39, 0.29) is 16.9 Å². The van der Waals surface area contributed by atoms with Crippen molar-refractivity contribution in [3.63, 3.8) is 0 Å². The Morgan fingerprint density at radius 3 is 2.72 bits per heavy atom. The predicted molar refractivity (Wildman–Crippen MR) is 111 cm³/mol. The zero-order valence-corrected chi connectivity index (χ0v) is 17.6. The largest absolute Gasteiger partial charge is 0.411 e. The number of ketones is 1. The molecule has 1 aliphatic heterocycles. The third-order valence-corrected chi connectivity index (χ3v) is 8.99. The number of rotatable bonds is 2. The van der Waals surface area contributed by atoms with E-state index in [1.807, 2.05) is 0 Å². The maximum absolute atomic E-state index is 12.6. The maximum atomic E-state index is 12.6. The molecule has 5 rings (SSSR count). The van der Waals surface area contributed by atoms with Gasteiger partial charge in [-0.2, -0.15) is 0 Å². The molecule has 1 saturated heterocycles. The summed E-state index contributed by atoms with van der Waals surface area (Å²) in [6.45, 7) is 6.38. The second kappa shape index (κ2) is 6.93. The molecule has 1 heterocycles. The molecule has 0 radical (unpaired) electrons. The molecule has 4 aliphatic carbocycles. The molecule has 0 spiro atoms. The Kier molecular flexibility index (Phi) is 4.61. The summed E-state index contributed by atoms with van der Waals surface area (Å²) in [5, 5.41) is 21.4. The van der Waals surface area contributed by atoms with Gasteiger partial charge in [-0.05, 0) is 79.9 Å². The fraction of sp³-hybridized carbons (Fsp3) is 0.783. The van der Waals surface area contributed by atoms with Gasteiger partial charge in [0.05, 0.1) is 11.4 Å². The fourth-order valence-electron chi connectivity index (χ4n) is 7.22. The van der Waals surface area contributed by atoms with Gasteiger partial charge in [0, 0.05) is 24.8 Å². The SMILES string of the molecule is C[C@]12CC/C(=N\O[C@H]3CCNC3)C=C1/C(=N/O)C[C@@H]1[C@@H]2CC[C@]2(C)C(=O)CC[C@@H]12. The summed E-state index contributed by atoms with van der Waals surface area (Å²) in [7, 11) is 0. The quantitative estimate of drug-likeness (QED) is 0.548. The van der Waals surface area contributed by atoms with Crippen LogP contribution in [0.15, 0.2) is 22.0 Å². The molecule has 6 nitrogen and oxygen atoms in total. The van der Waals surface area contributed by atoms with Crippen LogP contribution in [-0.2, 0) is 9.63 Å². The minimum atomic E-state index is -0.163. The van der Waals surface area contributed by atoms with Crippen molar-refractivity contribution in [3.8, 4) is 0 Å². The number of fused-ring (bicyclic) bond motifs is 5. The van der Waals surface area contributed by atoms with E-state index in [1.54, 1.807) is 0 Å². The highest BCUT2D eigenvalue weighted by Gasteiger charge is 2.60. The predicted octanol–water partition coefficient (Wildman–Crippen LogP) is 3.69. The summed E-state index contributed by atoms with van der Waals surface area (Å²) in [5.74, 6) is 1.86. The molecule has 6 atom stereocenters. The Morgan fingerprint density at radius 1 is 1.14 bits per heavy atom. The lowest BCUT2D eigenvalue weighted by atomic mass is 9.47. The average molecular weight is 400 g/mol. The average Bonchev–Trinajstić information content (AvgIpc) is 3.34. The number of hydrogen-bond donors (Lipinski definition) is 2. The Balaban J connectivity index is 1.44. The monoisotopic (exact) mass is 399 g/mol. The summed E-state index contributed by atoms with van der Waals surface area (Å²) in [4.78, 5) is 18.4. The lowest BCUT2D eigenvalue weighted by Gasteiger charge is -2.56. The van der Waals surface area contributed by atoms with E-state index in [0.717, 1.165) is 81.5 Å². The van der Waals surface area contributed by atoms with Crippen LogP contribution in [0.3, 0.4) is 0 Å². The molecule has 0 amide bonds. The van der Waals surface area contributed by atoms with E-state index >= 15 is 0 Å². The van der Waals surface area contributed by atoms with E-state index in [1.165, 1.54) is 0 Å². The van der Waals surface area contributed by atoms with Gasteiger partial charge in [0.1, 0.15) is 11.9 Å². The third kappa shape index (κ3) is 2.89. The summed E-state index contributed by atoms with van der Waals surface area (Å²) in [6.07, 6.45) is 9.77. The normalized spacial score (nSPS) is 47.0. The van der Waals surface area contributed by atoms with Crippen LogP contribution < -0.4 is 5.32 Å². The minimum Gasteiger partial charge on any atom is -0.411 e. The first-order chi connectivity index (χ1) is 14.0. The summed E-state index contributed by atoms with van der Waals surface area (Å²) < 4.78 is 0. The van der Waals surface area contributed by atoms with Gasteiger partial charge in [0.25, 0.3) is 0 Å². The number of oxime groups is 2. The van der Waals surface area contributed by atoms with Crippen molar-refractivity contribution in [2.45, 2.75) is 71.3 Å². The fourth-order valence-corrected chi connectivity index (χ4v) is 7.22. The van der Waals surface area contributed by atoms with Crippen molar-refractivity contribution in [2.75, 3.05) is 13.1 Å². The van der Waals surface area contributed by atoms with Gasteiger partial charge < -0.3 is 15.4 Å². The summed E-state index contributed by atoms with van der Waals surface area (Å²) in [5.41, 5.74) is 2.73. The Bertz CT molecular complexity index is 797. The van der Waals surface area contributed by atoms with Crippen molar-refractivity contribution in [2.24, 2.45) is 38.9 Å². The number of carbonyl (C=O) groups is 1. The van der Waals surface area contributed by atoms with Crippen molar-refractivity contribution in [1.82, 2.24) is 5.32 Å². The van der Waals surface area contributed by atoms with Crippen molar-refractivity contribution >= 4 is 17.2 Å². The number of carbonyl (C=O) groups excluding carboxylic acids is 1. The van der Waals surface area contributed by atoms with E-state index in [4.69, 9.17) is 4.84 Å². The zero-order valence-electron chi connectivity index (χ0n) is 17.6. The molecule has 5 aliphatic rings. The van der Waals surface area contributed by atoms with Crippen LogP contribution in [0.4, 0.5) is 0 Å². The molecular formula is C23H33N3O3. The molecular weight excluding hydrogens is 366 g/mol.